The number of nitrogens with two attached hydrogens (primary N) is 1. The number of hydrogen-bond acceptors (Lipinski definition) is 5. The Kier molecular flexibility index (Phi) is 5.84. The molecule has 3 rings (SSSR count). The third-order valence-electron chi connectivity index (χ3n) is 4.06. The second kappa shape index (κ2) is 8.31. The number of carbonyl (C=O) groups is 2. The van der Waals surface area contributed by atoms with Gasteiger partial charge in [-0.15, -0.1) is 0 Å². The lowest BCUT2D eigenvalue weighted by atomic mass is 10.1. The van der Waals surface area contributed by atoms with E-state index in [2.05, 4.69) is 4.99 Å². The minimum Gasteiger partial charge on any atom is -0.497 e. The largest absolute Gasteiger partial charge is 0.497 e. The third kappa shape index (κ3) is 4.43. The summed E-state index contributed by atoms with van der Waals surface area (Å²) in [6.07, 6.45) is 1.72. The average molecular weight is 395 g/mol. The Labute approximate surface area is 168 Å². The van der Waals surface area contributed by atoms with Crippen molar-refractivity contribution < 1.29 is 14.3 Å². The lowest BCUT2D eigenvalue weighted by molar-refractivity contribution is -0.115. The van der Waals surface area contributed by atoms with Crippen LogP contribution in [0.3, 0.4) is 0 Å². The van der Waals surface area contributed by atoms with Crippen molar-refractivity contribution >= 4 is 40.5 Å². The SMILES string of the molecule is COc1ccc(/C=C2/N=C(SCC(N)=O)N(c3cc(C)cc(C)c3)C2=O)cc1. The summed E-state index contributed by atoms with van der Waals surface area (Å²) in [5.41, 5.74) is 9.20. The normalized spacial score (nSPS) is 15.1. The molecular formula is C21H21N3O3S. The highest BCUT2D eigenvalue weighted by Gasteiger charge is 2.32. The summed E-state index contributed by atoms with van der Waals surface area (Å²) in [5.74, 6) is 0.0716. The zero-order valence-corrected chi connectivity index (χ0v) is 16.7. The van der Waals surface area contributed by atoms with Crippen LogP contribution in [-0.2, 0) is 9.59 Å². The minimum atomic E-state index is -0.465. The summed E-state index contributed by atoms with van der Waals surface area (Å²) in [4.78, 5) is 30.3. The van der Waals surface area contributed by atoms with E-state index in [9.17, 15) is 9.59 Å². The highest BCUT2D eigenvalue weighted by atomic mass is 32.2. The molecule has 1 aliphatic rings. The molecule has 0 fully saturated rings. The maximum absolute atomic E-state index is 13.1. The van der Waals surface area contributed by atoms with Crippen molar-refractivity contribution in [1.29, 1.82) is 0 Å². The quantitative estimate of drug-likeness (QED) is 0.788. The number of rotatable bonds is 5. The number of nitrogens with zero attached hydrogens (tertiary/aromatic N) is 2. The Bertz CT molecular complexity index is 961. The molecule has 0 aliphatic carbocycles. The van der Waals surface area contributed by atoms with Gasteiger partial charge in [-0.3, -0.25) is 14.5 Å². The van der Waals surface area contributed by atoms with Crippen molar-refractivity contribution in [2.45, 2.75) is 13.8 Å². The fourth-order valence-electron chi connectivity index (χ4n) is 2.89. The molecule has 0 radical (unpaired) electrons. The monoisotopic (exact) mass is 395 g/mol. The fourth-order valence-corrected chi connectivity index (χ4v) is 3.65. The van der Waals surface area contributed by atoms with Gasteiger partial charge in [0.15, 0.2) is 5.17 Å². The zero-order valence-electron chi connectivity index (χ0n) is 15.9. The molecule has 0 bridgehead atoms. The molecule has 7 heteroatoms. The maximum Gasteiger partial charge on any atom is 0.283 e. The summed E-state index contributed by atoms with van der Waals surface area (Å²) in [5, 5.41) is 0.438. The minimum absolute atomic E-state index is 0.0449. The number of amides is 2. The van der Waals surface area contributed by atoms with Gasteiger partial charge in [-0.25, -0.2) is 4.99 Å². The molecule has 28 heavy (non-hydrogen) atoms. The van der Waals surface area contributed by atoms with Crippen molar-refractivity contribution in [2.75, 3.05) is 17.8 Å². The van der Waals surface area contributed by atoms with E-state index < -0.39 is 5.91 Å². The van der Waals surface area contributed by atoms with Crippen LogP contribution in [0.1, 0.15) is 16.7 Å². The van der Waals surface area contributed by atoms with Crippen LogP contribution in [0.2, 0.25) is 0 Å². The average Bonchev–Trinajstić information content (AvgIpc) is 2.95. The van der Waals surface area contributed by atoms with E-state index in [1.54, 1.807) is 13.2 Å². The number of anilines is 1. The van der Waals surface area contributed by atoms with Gasteiger partial charge in [0.1, 0.15) is 11.4 Å². The first-order valence-electron chi connectivity index (χ1n) is 8.65. The van der Waals surface area contributed by atoms with Crippen LogP contribution in [-0.4, -0.2) is 29.8 Å². The number of carbonyl (C=O) groups excluding carboxylic acids is 2. The summed E-state index contributed by atoms with van der Waals surface area (Å²) in [6.45, 7) is 3.94. The second-order valence-electron chi connectivity index (χ2n) is 6.44. The number of benzene rings is 2. The van der Waals surface area contributed by atoms with E-state index in [0.717, 1.165) is 39.9 Å². The topological polar surface area (TPSA) is 85.0 Å². The van der Waals surface area contributed by atoms with Gasteiger partial charge in [0.2, 0.25) is 5.91 Å². The van der Waals surface area contributed by atoms with Gasteiger partial charge in [-0.1, -0.05) is 30.0 Å². The molecule has 144 valence electrons. The lowest BCUT2D eigenvalue weighted by Crippen LogP contribution is -2.31. The number of primary amides is 1. The lowest BCUT2D eigenvalue weighted by Gasteiger charge is -2.18. The number of aliphatic imine (C=N–C) groups is 1. The predicted molar refractivity (Wildman–Crippen MR) is 113 cm³/mol. The summed E-state index contributed by atoms with van der Waals surface area (Å²) < 4.78 is 5.16. The van der Waals surface area contributed by atoms with Crippen LogP contribution in [0.15, 0.2) is 53.2 Å². The number of ether oxygens (including phenoxy) is 1. The molecular weight excluding hydrogens is 374 g/mol. The Morgan fingerprint density at radius 2 is 1.82 bits per heavy atom. The maximum atomic E-state index is 13.1. The van der Waals surface area contributed by atoms with E-state index in [-0.39, 0.29) is 11.7 Å². The van der Waals surface area contributed by atoms with Gasteiger partial charge in [-0.2, -0.15) is 0 Å². The molecule has 0 unspecified atom stereocenters. The van der Waals surface area contributed by atoms with E-state index in [4.69, 9.17) is 10.5 Å². The van der Waals surface area contributed by atoms with E-state index in [1.807, 2.05) is 56.3 Å². The molecule has 1 heterocycles. The first-order chi connectivity index (χ1) is 13.4. The van der Waals surface area contributed by atoms with Crippen molar-refractivity contribution in [3.05, 3.63) is 64.9 Å². The van der Waals surface area contributed by atoms with Crippen LogP contribution >= 0.6 is 11.8 Å². The van der Waals surface area contributed by atoms with Crippen molar-refractivity contribution in [3.8, 4) is 5.75 Å². The van der Waals surface area contributed by atoms with E-state index in [1.165, 1.54) is 4.90 Å². The number of aryl methyl sites for hydroxylation is 2. The van der Waals surface area contributed by atoms with Gasteiger partial charge < -0.3 is 10.5 Å². The molecule has 2 aromatic carbocycles. The summed E-state index contributed by atoms with van der Waals surface area (Å²) in [7, 11) is 1.60. The van der Waals surface area contributed by atoms with Crippen molar-refractivity contribution in [3.63, 3.8) is 0 Å². The first kappa shape index (κ1) is 19.7. The van der Waals surface area contributed by atoms with Crippen molar-refractivity contribution in [1.82, 2.24) is 0 Å². The second-order valence-corrected chi connectivity index (χ2v) is 7.38. The summed E-state index contributed by atoms with van der Waals surface area (Å²) in [6, 6.07) is 13.2. The van der Waals surface area contributed by atoms with E-state index >= 15 is 0 Å². The van der Waals surface area contributed by atoms with E-state index in [0.29, 0.717) is 10.9 Å². The molecule has 2 N–H and O–H groups in total. The predicted octanol–water partition coefficient (Wildman–Crippen LogP) is 3.27. The zero-order chi connectivity index (χ0) is 20.3. The van der Waals surface area contributed by atoms with Crippen LogP contribution in [0, 0.1) is 13.8 Å². The third-order valence-corrected chi connectivity index (χ3v) is 5.02. The Hall–Kier alpha value is -3.06. The first-order valence-corrected chi connectivity index (χ1v) is 9.64. The Morgan fingerprint density at radius 3 is 2.39 bits per heavy atom. The molecule has 0 atom stereocenters. The van der Waals surface area contributed by atoms with Crippen LogP contribution < -0.4 is 15.4 Å². The highest BCUT2D eigenvalue weighted by Crippen LogP contribution is 2.30. The van der Waals surface area contributed by atoms with Crippen molar-refractivity contribution in [2.24, 2.45) is 10.7 Å². The number of amidine groups is 1. The summed E-state index contributed by atoms with van der Waals surface area (Å²) >= 11 is 1.15. The van der Waals surface area contributed by atoms with Crippen LogP contribution in [0.25, 0.3) is 6.08 Å². The van der Waals surface area contributed by atoms with Gasteiger partial charge in [0.05, 0.1) is 18.6 Å². The molecule has 0 saturated carbocycles. The van der Waals surface area contributed by atoms with Crippen LogP contribution in [0.5, 0.6) is 5.75 Å². The Balaban J connectivity index is 1.99. The number of hydrogen-bond donors (Lipinski definition) is 1. The van der Waals surface area contributed by atoms with Crippen LogP contribution in [0.4, 0.5) is 5.69 Å². The Morgan fingerprint density at radius 1 is 1.18 bits per heavy atom. The smallest absolute Gasteiger partial charge is 0.283 e. The van der Waals surface area contributed by atoms with Gasteiger partial charge in [-0.05, 0) is 60.9 Å². The molecule has 6 nitrogen and oxygen atoms in total. The molecule has 1 aliphatic heterocycles. The number of methoxy groups -OCH3 is 1. The molecule has 0 aromatic heterocycles. The fraction of sp³-hybridized carbons (Fsp3) is 0.190. The molecule has 2 aromatic rings. The number of thioether (sulfide) groups is 1. The molecule has 2 amide bonds. The standard InChI is InChI=1S/C21H21N3O3S/c1-13-8-14(2)10-16(9-13)24-20(26)18(23-21(24)28-12-19(22)25)11-15-4-6-17(27-3)7-5-15/h4-11H,12H2,1-3H3,(H2,22,25)/b18-11+. The van der Waals surface area contributed by atoms with Gasteiger partial charge in [0, 0.05) is 0 Å². The van der Waals surface area contributed by atoms with Gasteiger partial charge >= 0.3 is 0 Å². The molecule has 0 spiro atoms. The van der Waals surface area contributed by atoms with Gasteiger partial charge in [0.25, 0.3) is 5.91 Å². The molecule has 0 saturated heterocycles. The highest BCUT2D eigenvalue weighted by molar-refractivity contribution is 8.14.